The van der Waals surface area contributed by atoms with Crippen LogP contribution in [0.1, 0.15) is 11.1 Å². The van der Waals surface area contributed by atoms with Crippen LogP contribution in [0.2, 0.25) is 10.0 Å². The summed E-state index contributed by atoms with van der Waals surface area (Å²) in [5.41, 5.74) is 4.87. The van der Waals surface area contributed by atoms with Crippen molar-refractivity contribution in [3.8, 4) is 5.69 Å². The third kappa shape index (κ3) is 3.76. The molecule has 0 saturated carbocycles. The molecule has 126 valence electrons. The number of hydrogen-bond donors (Lipinski definition) is 2. The van der Waals surface area contributed by atoms with Crippen molar-refractivity contribution in [3.63, 3.8) is 0 Å². The molecule has 0 aliphatic rings. The highest BCUT2D eigenvalue weighted by Gasteiger charge is 2.32. The lowest BCUT2D eigenvalue weighted by Gasteiger charge is -2.13. The van der Waals surface area contributed by atoms with Crippen molar-refractivity contribution >= 4 is 55.7 Å². The molecule has 0 spiro atoms. The summed E-state index contributed by atoms with van der Waals surface area (Å²) in [6.07, 6.45) is -4.62. The van der Waals surface area contributed by atoms with E-state index in [1.54, 1.807) is 0 Å². The highest BCUT2D eigenvalue weighted by atomic mass is 79.9. The van der Waals surface area contributed by atoms with Crippen LogP contribution in [-0.4, -0.2) is 18.2 Å². The molecule has 12 heteroatoms. The molecule has 0 atom stereocenters. The fourth-order valence-electron chi connectivity index (χ4n) is 1.81. The van der Waals surface area contributed by atoms with Crippen LogP contribution in [0.4, 0.5) is 19.0 Å². The van der Waals surface area contributed by atoms with Gasteiger partial charge >= 0.3 is 6.18 Å². The highest BCUT2D eigenvalue weighted by Crippen LogP contribution is 2.39. The van der Waals surface area contributed by atoms with Gasteiger partial charge < -0.3 is 5.73 Å². The smallest absolute Gasteiger partial charge is 0.383 e. The number of aromatic nitrogens is 2. The van der Waals surface area contributed by atoms with E-state index in [2.05, 4.69) is 21.0 Å². The summed E-state index contributed by atoms with van der Waals surface area (Å²) in [6, 6.07) is 1.37. The summed E-state index contributed by atoms with van der Waals surface area (Å²) < 4.78 is 61.0. The zero-order valence-electron chi connectivity index (χ0n) is 10.9. The Bertz CT molecular complexity index is 821. The van der Waals surface area contributed by atoms with Gasteiger partial charge in [0.05, 0.1) is 21.4 Å². The largest absolute Gasteiger partial charge is 0.416 e. The molecule has 1 aromatic heterocycles. The van der Waals surface area contributed by atoms with Gasteiger partial charge in [0.2, 0.25) is 0 Å². The SMILES string of the molecule is Nc1c(C[SH](=O)=O)c(Br)nn1-c1c(Cl)cc(C(F)(F)F)cc1Cl. The van der Waals surface area contributed by atoms with Crippen molar-refractivity contribution in [2.75, 3.05) is 5.73 Å². The maximum atomic E-state index is 12.7. The number of anilines is 1. The van der Waals surface area contributed by atoms with Crippen LogP contribution >= 0.6 is 39.1 Å². The summed E-state index contributed by atoms with van der Waals surface area (Å²) >= 11 is 14.8. The average Bonchev–Trinajstić information content (AvgIpc) is 2.64. The topological polar surface area (TPSA) is 78.0 Å². The van der Waals surface area contributed by atoms with Gasteiger partial charge in [0.25, 0.3) is 0 Å². The van der Waals surface area contributed by atoms with Gasteiger partial charge in [0, 0.05) is 5.56 Å². The maximum Gasteiger partial charge on any atom is 0.416 e. The lowest BCUT2D eigenvalue weighted by molar-refractivity contribution is -0.137. The van der Waals surface area contributed by atoms with Crippen LogP contribution in [0.15, 0.2) is 16.7 Å². The van der Waals surface area contributed by atoms with Crippen LogP contribution in [0, 0.1) is 0 Å². The Hall–Kier alpha value is -0.970. The predicted octanol–water partition coefficient (Wildman–Crippen LogP) is 3.65. The molecule has 0 fully saturated rings. The van der Waals surface area contributed by atoms with Crippen molar-refractivity contribution in [1.29, 1.82) is 0 Å². The zero-order chi connectivity index (χ0) is 17.5. The minimum absolute atomic E-state index is 0.0769. The molecule has 0 radical (unpaired) electrons. The number of halogens is 6. The molecule has 2 N–H and O–H groups in total. The Morgan fingerprint density at radius 3 is 2.22 bits per heavy atom. The summed E-state index contributed by atoms with van der Waals surface area (Å²) in [5, 5.41) is 3.28. The standard InChI is InChI=1S/C11H7BrCl2F3N3O2S/c12-9-5(3-23(21)22)10(18)20(19-9)8-6(13)1-4(2-7(8)14)11(15,16)17/h1-2,23H,3,18H2. The molecule has 1 aromatic carbocycles. The van der Waals surface area contributed by atoms with E-state index in [9.17, 15) is 21.6 Å². The normalized spacial score (nSPS) is 12.1. The Labute approximate surface area is 148 Å². The fraction of sp³-hybridized carbons (Fsp3) is 0.182. The van der Waals surface area contributed by atoms with Crippen LogP contribution in [-0.2, 0) is 22.6 Å². The number of nitrogen functional groups attached to an aromatic ring is 1. The first-order valence-corrected chi connectivity index (χ1v) is 8.64. The minimum atomic E-state index is -4.62. The second kappa shape index (κ2) is 6.50. The Morgan fingerprint density at radius 1 is 1.26 bits per heavy atom. The lowest BCUT2D eigenvalue weighted by atomic mass is 10.2. The molecule has 1 heterocycles. The first kappa shape index (κ1) is 18.4. The molecule has 0 amide bonds. The van der Waals surface area contributed by atoms with E-state index in [1.165, 1.54) is 0 Å². The average molecular weight is 453 g/mol. The number of nitrogens with two attached hydrogens (primary N) is 1. The third-order valence-electron chi connectivity index (χ3n) is 2.82. The number of benzene rings is 1. The van der Waals surface area contributed by atoms with E-state index in [1.807, 2.05) is 0 Å². The minimum Gasteiger partial charge on any atom is -0.383 e. The first-order chi connectivity index (χ1) is 10.5. The van der Waals surface area contributed by atoms with E-state index >= 15 is 0 Å². The van der Waals surface area contributed by atoms with Crippen molar-refractivity contribution < 1.29 is 21.6 Å². The van der Waals surface area contributed by atoms with Gasteiger partial charge in [0.15, 0.2) is 0 Å². The molecule has 0 saturated heterocycles. The van der Waals surface area contributed by atoms with E-state index < -0.39 is 28.2 Å². The number of alkyl halides is 3. The van der Waals surface area contributed by atoms with Crippen LogP contribution < -0.4 is 5.73 Å². The Kier molecular flexibility index (Phi) is 5.19. The third-order valence-corrected chi connectivity index (χ3v) is 4.61. The molecule has 5 nitrogen and oxygen atoms in total. The predicted molar refractivity (Wildman–Crippen MR) is 84.7 cm³/mol. The molecule has 2 aromatic rings. The molecule has 2 rings (SSSR count). The molecule has 0 aliphatic heterocycles. The van der Waals surface area contributed by atoms with Gasteiger partial charge in [-0.05, 0) is 28.1 Å². The van der Waals surface area contributed by atoms with E-state index in [-0.39, 0.29) is 31.7 Å². The van der Waals surface area contributed by atoms with E-state index in [0.29, 0.717) is 12.1 Å². The Morgan fingerprint density at radius 2 is 1.78 bits per heavy atom. The lowest BCUT2D eigenvalue weighted by Crippen LogP contribution is -2.09. The number of rotatable bonds is 3. The monoisotopic (exact) mass is 451 g/mol. The zero-order valence-corrected chi connectivity index (χ0v) is 14.9. The molecule has 0 bridgehead atoms. The maximum absolute atomic E-state index is 12.7. The highest BCUT2D eigenvalue weighted by molar-refractivity contribution is 9.10. The Balaban J connectivity index is 2.64. The molecular weight excluding hydrogens is 446 g/mol. The van der Waals surface area contributed by atoms with Crippen molar-refractivity contribution in [1.82, 2.24) is 9.78 Å². The molecule has 0 unspecified atom stereocenters. The van der Waals surface area contributed by atoms with Crippen molar-refractivity contribution in [2.24, 2.45) is 0 Å². The van der Waals surface area contributed by atoms with Crippen LogP contribution in [0.25, 0.3) is 5.69 Å². The van der Waals surface area contributed by atoms with E-state index in [0.717, 1.165) is 4.68 Å². The number of hydrogen-bond acceptors (Lipinski definition) is 4. The van der Waals surface area contributed by atoms with E-state index in [4.69, 9.17) is 28.9 Å². The number of nitrogens with zero attached hydrogens (tertiary/aromatic N) is 2. The first-order valence-electron chi connectivity index (χ1n) is 5.73. The molecular formula is C11H7BrCl2F3N3O2S. The second-order valence-electron chi connectivity index (χ2n) is 4.34. The summed E-state index contributed by atoms with van der Waals surface area (Å²) in [6.45, 7) is 0. The van der Waals surface area contributed by atoms with Gasteiger partial charge in [-0.1, -0.05) is 23.2 Å². The molecule has 0 aliphatic carbocycles. The summed E-state index contributed by atoms with van der Waals surface area (Å²) in [5.74, 6) is -0.489. The van der Waals surface area contributed by atoms with Crippen molar-refractivity contribution in [3.05, 3.63) is 37.9 Å². The summed E-state index contributed by atoms with van der Waals surface area (Å²) in [4.78, 5) is 0. The van der Waals surface area contributed by atoms with Gasteiger partial charge in [-0.15, -0.1) is 0 Å². The summed E-state index contributed by atoms with van der Waals surface area (Å²) in [7, 11) is -2.78. The van der Waals surface area contributed by atoms with Gasteiger partial charge in [0.1, 0.15) is 26.8 Å². The van der Waals surface area contributed by atoms with Gasteiger partial charge in [-0.25, -0.2) is 13.1 Å². The number of thiol groups is 1. The fourth-order valence-corrected chi connectivity index (χ4v) is 3.75. The van der Waals surface area contributed by atoms with Crippen LogP contribution in [0.3, 0.4) is 0 Å². The quantitative estimate of drug-likeness (QED) is 0.696. The van der Waals surface area contributed by atoms with Gasteiger partial charge in [-0.2, -0.15) is 18.3 Å². The van der Waals surface area contributed by atoms with Crippen molar-refractivity contribution in [2.45, 2.75) is 11.9 Å². The second-order valence-corrected chi connectivity index (χ2v) is 6.89. The van der Waals surface area contributed by atoms with Gasteiger partial charge in [-0.3, -0.25) is 0 Å². The molecule has 23 heavy (non-hydrogen) atoms. The van der Waals surface area contributed by atoms with Crippen LogP contribution in [0.5, 0.6) is 0 Å².